The average molecular weight is 305 g/mol. The van der Waals surface area contributed by atoms with E-state index < -0.39 is 18.3 Å². The third kappa shape index (κ3) is 3.06. The molecule has 1 aliphatic rings. The van der Waals surface area contributed by atoms with Crippen LogP contribution in [-0.4, -0.2) is 28.7 Å². The highest BCUT2D eigenvalue weighted by Gasteiger charge is 2.34. The third-order valence-electron chi connectivity index (χ3n) is 3.78. The van der Waals surface area contributed by atoms with Crippen molar-refractivity contribution in [2.75, 3.05) is 17.2 Å². The predicted molar refractivity (Wildman–Crippen MR) is 76.1 cm³/mol. The summed E-state index contributed by atoms with van der Waals surface area (Å²) in [6.07, 6.45) is -4.44. The number of hydrogen-bond donors (Lipinski definition) is 1. The zero-order valence-corrected chi connectivity index (χ0v) is 12.3. The molecule has 1 heterocycles. The van der Waals surface area contributed by atoms with E-state index in [1.165, 1.54) is 6.07 Å². The third-order valence-corrected chi connectivity index (χ3v) is 5.12. The number of nitrogens with zero attached hydrogens (tertiary/aromatic N) is 1. The van der Waals surface area contributed by atoms with Crippen LogP contribution in [0.1, 0.15) is 25.0 Å². The molecule has 0 radical (unpaired) electrons. The van der Waals surface area contributed by atoms with Gasteiger partial charge < -0.3 is 10.0 Å². The summed E-state index contributed by atoms with van der Waals surface area (Å²) in [6.45, 7) is 4.27. The quantitative estimate of drug-likeness (QED) is 0.904. The van der Waals surface area contributed by atoms with Crippen LogP contribution in [0.5, 0.6) is 0 Å². The molecular weight excluding hydrogens is 287 g/mol. The van der Waals surface area contributed by atoms with E-state index in [4.69, 9.17) is 5.11 Å². The van der Waals surface area contributed by atoms with Gasteiger partial charge in [0.2, 0.25) is 0 Å². The van der Waals surface area contributed by atoms with Gasteiger partial charge in [0.25, 0.3) is 0 Å². The monoisotopic (exact) mass is 305 g/mol. The Bertz CT molecular complexity index is 478. The molecule has 20 heavy (non-hydrogen) atoms. The Labute approximate surface area is 121 Å². The van der Waals surface area contributed by atoms with Crippen LogP contribution in [-0.2, 0) is 12.8 Å². The van der Waals surface area contributed by atoms with Gasteiger partial charge in [-0.05, 0) is 24.6 Å². The van der Waals surface area contributed by atoms with Crippen LogP contribution in [0.15, 0.2) is 18.2 Å². The Morgan fingerprint density at radius 3 is 2.65 bits per heavy atom. The molecule has 6 heteroatoms. The first-order valence-corrected chi connectivity index (χ1v) is 7.58. The van der Waals surface area contributed by atoms with E-state index in [1.807, 2.05) is 23.6 Å². The van der Waals surface area contributed by atoms with Gasteiger partial charge in [0, 0.05) is 29.3 Å². The summed E-state index contributed by atoms with van der Waals surface area (Å²) in [4.78, 5) is 2.01. The second-order valence-electron chi connectivity index (χ2n) is 5.01. The highest BCUT2D eigenvalue weighted by atomic mass is 32.2. The molecule has 0 saturated carbocycles. The van der Waals surface area contributed by atoms with Crippen molar-refractivity contribution in [2.45, 2.75) is 37.9 Å². The summed E-state index contributed by atoms with van der Waals surface area (Å²) in [5.41, 5.74) is -0.238. The lowest BCUT2D eigenvalue weighted by Gasteiger charge is -2.39. The van der Waals surface area contributed by atoms with Crippen LogP contribution < -0.4 is 4.90 Å². The van der Waals surface area contributed by atoms with E-state index in [-0.39, 0.29) is 11.6 Å². The second kappa shape index (κ2) is 5.85. The zero-order chi connectivity index (χ0) is 14.9. The number of aliphatic hydroxyl groups is 1. The van der Waals surface area contributed by atoms with Crippen LogP contribution in [0, 0.1) is 0 Å². The first kappa shape index (κ1) is 15.5. The smallest absolute Gasteiger partial charge is 0.392 e. The van der Waals surface area contributed by atoms with E-state index in [0.717, 1.165) is 18.4 Å². The minimum atomic E-state index is -4.44. The molecule has 0 amide bonds. The Morgan fingerprint density at radius 1 is 1.35 bits per heavy atom. The molecule has 2 unspecified atom stereocenters. The van der Waals surface area contributed by atoms with Crippen molar-refractivity contribution in [1.82, 2.24) is 0 Å². The molecule has 1 aromatic rings. The molecule has 2 rings (SSSR count). The number of benzene rings is 1. The fraction of sp³-hybridized carbons (Fsp3) is 0.571. The highest BCUT2D eigenvalue weighted by Crippen LogP contribution is 2.36. The van der Waals surface area contributed by atoms with Crippen molar-refractivity contribution >= 4 is 17.4 Å². The fourth-order valence-electron chi connectivity index (χ4n) is 2.44. The summed E-state index contributed by atoms with van der Waals surface area (Å²) < 4.78 is 39.1. The van der Waals surface area contributed by atoms with Crippen LogP contribution in [0.2, 0.25) is 0 Å². The molecule has 0 bridgehead atoms. The minimum Gasteiger partial charge on any atom is -0.392 e. The van der Waals surface area contributed by atoms with Gasteiger partial charge in [0.1, 0.15) is 0 Å². The van der Waals surface area contributed by atoms with Crippen LogP contribution in [0.3, 0.4) is 0 Å². The van der Waals surface area contributed by atoms with Crippen molar-refractivity contribution in [3.8, 4) is 0 Å². The maximum absolute atomic E-state index is 13.0. The number of alkyl halides is 3. The highest BCUT2D eigenvalue weighted by molar-refractivity contribution is 8.00. The number of halogens is 3. The summed E-state index contributed by atoms with van der Waals surface area (Å²) in [5, 5.41) is 9.44. The first-order chi connectivity index (χ1) is 9.34. The Morgan fingerprint density at radius 2 is 2.05 bits per heavy atom. The molecule has 2 nitrogen and oxygen atoms in total. The number of rotatable bonds is 2. The largest absolute Gasteiger partial charge is 0.416 e. The van der Waals surface area contributed by atoms with Crippen LogP contribution in [0.4, 0.5) is 18.9 Å². The predicted octanol–water partition coefficient (Wildman–Crippen LogP) is 3.53. The number of thioether (sulfide) groups is 1. The van der Waals surface area contributed by atoms with Crippen LogP contribution >= 0.6 is 11.8 Å². The molecule has 1 N–H and O–H groups in total. The maximum atomic E-state index is 13.0. The standard InChI is InChI=1S/C14H18F3NOS/c1-9-10(2)20-6-5-18(9)12-4-3-11(8-19)13(7-12)14(15,16)17/h3-4,7,9-10,19H,5-6,8H2,1-2H3. The van der Waals surface area contributed by atoms with E-state index in [2.05, 4.69) is 6.92 Å². The second-order valence-corrected chi connectivity index (χ2v) is 6.49. The Hall–Kier alpha value is -0.880. The van der Waals surface area contributed by atoms with Crippen molar-refractivity contribution in [3.63, 3.8) is 0 Å². The molecule has 112 valence electrons. The van der Waals surface area contributed by atoms with Crippen molar-refractivity contribution < 1.29 is 18.3 Å². The lowest BCUT2D eigenvalue weighted by molar-refractivity contribution is -0.138. The van der Waals surface area contributed by atoms with Crippen LogP contribution in [0.25, 0.3) is 0 Å². The Kier molecular flexibility index (Phi) is 4.54. The van der Waals surface area contributed by atoms with Gasteiger partial charge in [-0.25, -0.2) is 0 Å². The van der Waals surface area contributed by atoms with Gasteiger partial charge in [0.05, 0.1) is 12.2 Å². The first-order valence-electron chi connectivity index (χ1n) is 6.54. The number of hydrogen-bond acceptors (Lipinski definition) is 3. The zero-order valence-electron chi connectivity index (χ0n) is 11.4. The molecule has 2 atom stereocenters. The number of aliphatic hydroxyl groups excluding tert-OH is 1. The van der Waals surface area contributed by atoms with Crippen molar-refractivity contribution in [2.24, 2.45) is 0 Å². The molecule has 1 aliphatic heterocycles. The molecule has 0 aromatic heterocycles. The molecule has 0 spiro atoms. The summed E-state index contributed by atoms with van der Waals surface area (Å²) in [7, 11) is 0. The van der Waals surface area contributed by atoms with Crippen molar-refractivity contribution in [1.29, 1.82) is 0 Å². The molecular formula is C14H18F3NOS. The van der Waals surface area contributed by atoms with Gasteiger partial charge >= 0.3 is 6.18 Å². The van der Waals surface area contributed by atoms with Gasteiger partial charge in [-0.2, -0.15) is 24.9 Å². The van der Waals surface area contributed by atoms with Gasteiger partial charge in [-0.1, -0.05) is 13.0 Å². The lowest BCUT2D eigenvalue weighted by atomic mass is 10.0. The molecule has 1 aromatic carbocycles. The lowest BCUT2D eigenvalue weighted by Crippen LogP contribution is -2.44. The summed E-state index contributed by atoms with van der Waals surface area (Å²) in [5.74, 6) is 0.911. The Balaban J connectivity index is 2.38. The van der Waals surface area contributed by atoms with Gasteiger partial charge in [0.15, 0.2) is 0 Å². The summed E-state index contributed by atoms with van der Waals surface area (Å²) >= 11 is 1.84. The summed E-state index contributed by atoms with van der Waals surface area (Å²) in [6, 6.07) is 4.39. The maximum Gasteiger partial charge on any atom is 0.416 e. The fourth-order valence-corrected chi connectivity index (χ4v) is 3.54. The SMILES string of the molecule is CC1SCCN(c2ccc(CO)c(C(F)(F)F)c2)C1C. The van der Waals surface area contributed by atoms with Gasteiger partial charge in [-0.3, -0.25) is 0 Å². The normalized spacial score (nSPS) is 24.0. The van der Waals surface area contributed by atoms with Crippen molar-refractivity contribution in [3.05, 3.63) is 29.3 Å². The van der Waals surface area contributed by atoms with E-state index in [0.29, 0.717) is 10.9 Å². The minimum absolute atomic E-state index is 0.0756. The van der Waals surface area contributed by atoms with E-state index >= 15 is 0 Å². The molecule has 0 aliphatic carbocycles. The van der Waals surface area contributed by atoms with Gasteiger partial charge in [-0.15, -0.1) is 0 Å². The van der Waals surface area contributed by atoms with E-state index in [9.17, 15) is 13.2 Å². The average Bonchev–Trinajstić information content (AvgIpc) is 2.40. The molecule has 1 fully saturated rings. The van der Waals surface area contributed by atoms with E-state index in [1.54, 1.807) is 6.07 Å². The number of anilines is 1. The topological polar surface area (TPSA) is 23.5 Å². The molecule has 1 saturated heterocycles.